The Balaban J connectivity index is 2.46. The molecule has 2 rings (SSSR count). The van der Waals surface area contributed by atoms with Crippen LogP contribution >= 0.6 is 11.6 Å². The molecule has 0 fully saturated rings. The molecule has 0 atom stereocenters. The van der Waals surface area contributed by atoms with Gasteiger partial charge >= 0.3 is 0 Å². The summed E-state index contributed by atoms with van der Waals surface area (Å²) in [6.07, 6.45) is 3.22. The van der Waals surface area contributed by atoms with E-state index in [0.717, 1.165) is 5.69 Å². The third-order valence-electron chi connectivity index (χ3n) is 1.65. The van der Waals surface area contributed by atoms with Gasteiger partial charge in [-0.1, -0.05) is 17.7 Å². The lowest BCUT2D eigenvalue weighted by Crippen LogP contribution is -1.92. The zero-order valence-corrected chi connectivity index (χ0v) is 7.44. The average molecular weight is 195 g/mol. The van der Waals surface area contributed by atoms with Crippen LogP contribution < -0.4 is 0 Å². The molecule has 0 bridgehead atoms. The van der Waals surface area contributed by atoms with Gasteiger partial charge in [0, 0.05) is 12.3 Å². The van der Waals surface area contributed by atoms with E-state index in [9.17, 15) is 5.11 Å². The second-order valence-electron chi connectivity index (χ2n) is 2.62. The molecule has 0 radical (unpaired) electrons. The van der Waals surface area contributed by atoms with Crippen LogP contribution in [0.2, 0.25) is 5.02 Å². The molecule has 4 heteroatoms. The predicted octanol–water partition coefficient (Wildman–Crippen LogP) is 2.23. The van der Waals surface area contributed by atoms with Gasteiger partial charge in [-0.05, 0) is 12.1 Å². The van der Waals surface area contributed by atoms with Crippen LogP contribution in [0.4, 0.5) is 0 Å². The van der Waals surface area contributed by atoms with Crippen LogP contribution in [0.3, 0.4) is 0 Å². The number of nitrogens with zero attached hydrogens (tertiary/aromatic N) is 2. The van der Waals surface area contributed by atoms with E-state index in [0.29, 0.717) is 5.02 Å². The van der Waals surface area contributed by atoms with Crippen molar-refractivity contribution in [1.82, 2.24) is 9.78 Å². The third kappa shape index (κ3) is 1.65. The van der Waals surface area contributed by atoms with Crippen LogP contribution in [0.1, 0.15) is 0 Å². The average Bonchev–Trinajstić information content (AvgIpc) is 2.52. The van der Waals surface area contributed by atoms with E-state index < -0.39 is 0 Å². The van der Waals surface area contributed by atoms with Crippen molar-refractivity contribution in [1.29, 1.82) is 0 Å². The smallest absolute Gasteiger partial charge is 0.117 e. The molecular formula is C9H7ClN2O. The van der Waals surface area contributed by atoms with Crippen molar-refractivity contribution in [3.8, 4) is 11.4 Å². The van der Waals surface area contributed by atoms with Crippen molar-refractivity contribution in [3.05, 3.63) is 41.7 Å². The van der Waals surface area contributed by atoms with Gasteiger partial charge in [0.2, 0.25) is 0 Å². The first-order chi connectivity index (χ1) is 6.25. The first-order valence-electron chi connectivity index (χ1n) is 3.75. The Hall–Kier alpha value is -1.48. The van der Waals surface area contributed by atoms with Gasteiger partial charge in [-0.2, -0.15) is 5.10 Å². The normalized spacial score (nSPS) is 10.2. The summed E-state index contributed by atoms with van der Waals surface area (Å²) in [6.45, 7) is 0. The lowest BCUT2D eigenvalue weighted by Gasteiger charge is -2.00. The fraction of sp³-hybridized carbons (Fsp3) is 0. The van der Waals surface area contributed by atoms with Gasteiger partial charge < -0.3 is 5.11 Å². The highest BCUT2D eigenvalue weighted by molar-refractivity contribution is 6.30. The van der Waals surface area contributed by atoms with Crippen LogP contribution in [-0.4, -0.2) is 14.9 Å². The molecule has 0 unspecified atom stereocenters. The fourth-order valence-electron chi connectivity index (χ4n) is 1.08. The SMILES string of the molecule is Oc1cccc(-n2cc(Cl)cn2)c1. The quantitative estimate of drug-likeness (QED) is 0.756. The first-order valence-corrected chi connectivity index (χ1v) is 4.13. The van der Waals surface area contributed by atoms with Crippen molar-refractivity contribution < 1.29 is 5.11 Å². The Morgan fingerprint density at radius 3 is 2.85 bits per heavy atom. The van der Waals surface area contributed by atoms with Gasteiger partial charge in [0.05, 0.1) is 16.9 Å². The van der Waals surface area contributed by atoms with Crippen molar-refractivity contribution in [2.24, 2.45) is 0 Å². The van der Waals surface area contributed by atoms with E-state index >= 15 is 0 Å². The van der Waals surface area contributed by atoms with E-state index in [1.54, 1.807) is 35.3 Å². The summed E-state index contributed by atoms with van der Waals surface area (Å²) < 4.78 is 1.60. The number of rotatable bonds is 1. The Morgan fingerprint density at radius 2 is 2.23 bits per heavy atom. The van der Waals surface area contributed by atoms with E-state index in [2.05, 4.69) is 5.10 Å². The van der Waals surface area contributed by atoms with Gasteiger partial charge in [-0.25, -0.2) is 4.68 Å². The number of hydrogen-bond acceptors (Lipinski definition) is 2. The summed E-state index contributed by atoms with van der Waals surface area (Å²) in [5.41, 5.74) is 0.784. The van der Waals surface area contributed by atoms with Crippen molar-refractivity contribution in [2.75, 3.05) is 0 Å². The maximum absolute atomic E-state index is 9.21. The lowest BCUT2D eigenvalue weighted by molar-refractivity contribution is 0.475. The van der Waals surface area contributed by atoms with E-state index in [4.69, 9.17) is 11.6 Å². The van der Waals surface area contributed by atoms with Crippen LogP contribution in [0.25, 0.3) is 5.69 Å². The highest BCUT2D eigenvalue weighted by atomic mass is 35.5. The minimum Gasteiger partial charge on any atom is -0.508 e. The van der Waals surface area contributed by atoms with E-state index in [-0.39, 0.29) is 5.75 Å². The number of aromatic nitrogens is 2. The molecule has 0 aliphatic carbocycles. The fourth-order valence-corrected chi connectivity index (χ4v) is 1.21. The highest BCUT2D eigenvalue weighted by Gasteiger charge is 1.98. The van der Waals surface area contributed by atoms with Crippen molar-refractivity contribution in [2.45, 2.75) is 0 Å². The maximum Gasteiger partial charge on any atom is 0.117 e. The van der Waals surface area contributed by atoms with Crippen LogP contribution in [0.15, 0.2) is 36.7 Å². The molecule has 0 aliphatic rings. The van der Waals surface area contributed by atoms with E-state index in [1.165, 1.54) is 0 Å². The summed E-state index contributed by atoms with van der Waals surface area (Å²) >= 11 is 5.70. The summed E-state index contributed by atoms with van der Waals surface area (Å²) in [6, 6.07) is 6.81. The molecule has 1 aromatic carbocycles. The molecule has 13 heavy (non-hydrogen) atoms. The minimum absolute atomic E-state index is 0.212. The lowest BCUT2D eigenvalue weighted by atomic mass is 10.3. The molecule has 66 valence electrons. The first kappa shape index (κ1) is 8.13. The number of benzene rings is 1. The zero-order valence-electron chi connectivity index (χ0n) is 6.68. The molecule has 0 saturated heterocycles. The highest BCUT2D eigenvalue weighted by Crippen LogP contribution is 2.16. The molecule has 1 heterocycles. The number of aromatic hydroxyl groups is 1. The minimum atomic E-state index is 0.212. The largest absolute Gasteiger partial charge is 0.508 e. The predicted molar refractivity (Wildman–Crippen MR) is 50.2 cm³/mol. The summed E-state index contributed by atoms with van der Waals surface area (Å²) in [5, 5.41) is 13.8. The molecule has 0 spiro atoms. The van der Waals surface area contributed by atoms with Gasteiger partial charge in [-0.3, -0.25) is 0 Å². The Bertz CT molecular complexity index is 425. The molecule has 0 saturated carbocycles. The summed E-state index contributed by atoms with van der Waals surface area (Å²) in [4.78, 5) is 0. The van der Waals surface area contributed by atoms with Crippen molar-refractivity contribution in [3.63, 3.8) is 0 Å². The zero-order chi connectivity index (χ0) is 9.26. The second-order valence-corrected chi connectivity index (χ2v) is 3.06. The molecule has 1 aromatic heterocycles. The molecule has 0 aliphatic heterocycles. The standard InChI is InChI=1S/C9H7ClN2O/c10-7-5-11-12(6-7)8-2-1-3-9(13)4-8/h1-6,13H. The van der Waals surface area contributed by atoms with Crippen LogP contribution in [-0.2, 0) is 0 Å². The topological polar surface area (TPSA) is 38.0 Å². The molecule has 0 amide bonds. The van der Waals surface area contributed by atoms with E-state index in [1.807, 2.05) is 6.07 Å². The number of phenolic OH excluding ortho intramolecular Hbond substituents is 1. The van der Waals surface area contributed by atoms with Gasteiger partial charge in [0.25, 0.3) is 0 Å². The molecule has 1 N–H and O–H groups in total. The number of halogens is 1. The van der Waals surface area contributed by atoms with Gasteiger partial charge in [-0.15, -0.1) is 0 Å². The monoisotopic (exact) mass is 194 g/mol. The summed E-state index contributed by atoms with van der Waals surface area (Å²) in [5.74, 6) is 0.212. The van der Waals surface area contributed by atoms with Crippen LogP contribution in [0.5, 0.6) is 5.75 Å². The van der Waals surface area contributed by atoms with Gasteiger partial charge in [0.1, 0.15) is 5.75 Å². The number of hydrogen-bond donors (Lipinski definition) is 1. The molecule has 3 nitrogen and oxygen atoms in total. The third-order valence-corrected chi connectivity index (χ3v) is 1.84. The second kappa shape index (κ2) is 3.11. The summed E-state index contributed by atoms with van der Waals surface area (Å²) in [7, 11) is 0. The maximum atomic E-state index is 9.21. The van der Waals surface area contributed by atoms with Crippen molar-refractivity contribution >= 4 is 11.6 Å². The Morgan fingerprint density at radius 1 is 1.38 bits per heavy atom. The van der Waals surface area contributed by atoms with Crippen LogP contribution in [0, 0.1) is 0 Å². The van der Waals surface area contributed by atoms with Gasteiger partial charge in [0.15, 0.2) is 0 Å². The molecular weight excluding hydrogens is 188 g/mol. The number of phenols is 1. The Labute approximate surface area is 80.2 Å². The molecule has 2 aromatic rings. The Kier molecular flexibility index (Phi) is 1.94.